The Labute approximate surface area is 130 Å². The monoisotopic (exact) mass is 324 g/mol. The Morgan fingerprint density at radius 2 is 1.91 bits per heavy atom. The molecule has 1 N–H and O–H groups in total. The Balaban J connectivity index is 1.92. The van der Waals surface area contributed by atoms with Crippen molar-refractivity contribution in [3.05, 3.63) is 40.8 Å². The molecule has 2 rings (SSSR count). The molecule has 0 aliphatic heterocycles. The number of benzene rings is 1. The molecule has 0 fully saturated rings. The number of hydrogen-bond acceptors (Lipinski definition) is 5. The fourth-order valence-corrected chi connectivity index (χ4v) is 3.42. The number of aryl methyl sites for hydroxylation is 4. The van der Waals surface area contributed by atoms with Gasteiger partial charge in [0.25, 0.3) is 0 Å². The van der Waals surface area contributed by atoms with Gasteiger partial charge in [-0.25, -0.2) is 13.1 Å². The summed E-state index contributed by atoms with van der Waals surface area (Å²) in [5, 5.41) is 3.65. The van der Waals surface area contributed by atoms with Crippen molar-refractivity contribution in [1.82, 2.24) is 9.88 Å². The third-order valence-corrected chi connectivity index (χ3v) is 5.08. The van der Waals surface area contributed by atoms with E-state index in [0.29, 0.717) is 5.69 Å². The van der Waals surface area contributed by atoms with Crippen LogP contribution in [0.1, 0.15) is 22.6 Å². The van der Waals surface area contributed by atoms with Gasteiger partial charge in [0.15, 0.2) is 5.76 Å². The van der Waals surface area contributed by atoms with E-state index >= 15 is 0 Å². The van der Waals surface area contributed by atoms with Crippen molar-refractivity contribution in [2.75, 3.05) is 13.2 Å². The van der Waals surface area contributed by atoms with Gasteiger partial charge in [0.05, 0.1) is 0 Å². The maximum absolute atomic E-state index is 12.2. The van der Waals surface area contributed by atoms with Crippen LogP contribution in [0.4, 0.5) is 0 Å². The topological polar surface area (TPSA) is 81.4 Å². The van der Waals surface area contributed by atoms with Crippen molar-refractivity contribution in [3.63, 3.8) is 0 Å². The minimum atomic E-state index is -3.63. The van der Waals surface area contributed by atoms with Gasteiger partial charge in [-0.05, 0) is 51.0 Å². The minimum absolute atomic E-state index is 0.0960. The van der Waals surface area contributed by atoms with Crippen LogP contribution in [-0.4, -0.2) is 26.7 Å². The van der Waals surface area contributed by atoms with Crippen LogP contribution in [0.3, 0.4) is 0 Å². The van der Waals surface area contributed by atoms with Crippen molar-refractivity contribution in [2.24, 2.45) is 0 Å². The molecule has 7 heteroatoms. The van der Waals surface area contributed by atoms with Gasteiger partial charge in [0.2, 0.25) is 10.0 Å². The molecule has 0 radical (unpaired) electrons. The molecule has 0 atom stereocenters. The summed E-state index contributed by atoms with van der Waals surface area (Å²) in [5.74, 6) is 1.000. The van der Waals surface area contributed by atoms with Crippen LogP contribution in [0.25, 0.3) is 0 Å². The Hall–Kier alpha value is -1.86. The van der Waals surface area contributed by atoms with Gasteiger partial charge in [0.1, 0.15) is 22.9 Å². The van der Waals surface area contributed by atoms with E-state index in [9.17, 15) is 8.42 Å². The molecule has 1 heterocycles. The van der Waals surface area contributed by atoms with Crippen molar-refractivity contribution in [2.45, 2.75) is 32.6 Å². The SMILES string of the molecule is Cc1ccc(OCCNS(=O)(=O)c2c(C)noc2C)cc1C. The first-order chi connectivity index (χ1) is 10.3. The maximum atomic E-state index is 12.2. The van der Waals surface area contributed by atoms with E-state index < -0.39 is 10.0 Å². The van der Waals surface area contributed by atoms with E-state index in [-0.39, 0.29) is 23.8 Å². The van der Waals surface area contributed by atoms with E-state index in [1.165, 1.54) is 5.56 Å². The second-order valence-corrected chi connectivity index (χ2v) is 6.85. The summed E-state index contributed by atoms with van der Waals surface area (Å²) in [6.07, 6.45) is 0. The van der Waals surface area contributed by atoms with E-state index in [0.717, 1.165) is 11.3 Å². The highest BCUT2D eigenvalue weighted by Crippen LogP contribution is 2.18. The smallest absolute Gasteiger partial charge is 0.246 e. The second kappa shape index (κ2) is 6.50. The molecule has 0 spiro atoms. The summed E-state index contributed by atoms with van der Waals surface area (Å²) < 4.78 is 37.3. The average Bonchev–Trinajstić information content (AvgIpc) is 2.79. The van der Waals surface area contributed by atoms with E-state index in [1.807, 2.05) is 32.0 Å². The molecule has 0 unspecified atom stereocenters. The van der Waals surface area contributed by atoms with Crippen LogP contribution in [-0.2, 0) is 10.0 Å². The van der Waals surface area contributed by atoms with Crippen LogP contribution in [0, 0.1) is 27.7 Å². The van der Waals surface area contributed by atoms with Crippen molar-refractivity contribution < 1.29 is 17.7 Å². The molecule has 0 saturated heterocycles. The highest BCUT2D eigenvalue weighted by atomic mass is 32.2. The van der Waals surface area contributed by atoms with Gasteiger partial charge in [-0.2, -0.15) is 0 Å². The van der Waals surface area contributed by atoms with Crippen LogP contribution in [0.15, 0.2) is 27.6 Å². The van der Waals surface area contributed by atoms with E-state index in [2.05, 4.69) is 9.88 Å². The summed E-state index contributed by atoms with van der Waals surface area (Å²) in [7, 11) is -3.63. The van der Waals surface area contributed by atoms with Crippen molar-refractivity contribution in [3.8, 4) is 5.75 Å². The predicted molar refractivity (Wildman–Crippen MR) is 82.6 cm³/mol. The molecule has 6 nitrogen and oxygen atoms in total. The standard InChI is InChI=1S/C15H20N2O4S/c1-10-5-6-14(9-11(10)2)20-8-7-16-22(18,19)15-12(3)17-21-13(15)4/h5-6,9,16H,7-8H2,1-4H3. The lowest BCUT2D eigenvalue weighted by atomic mass is 10.1. The minimum Gasteiger partial charge on any atom is -0.492 e. The lowest BCUT2D eigenvalue weighted by Crippen LogP contribution is -2.29. The van der Waals surface area contributed by atoms with Crippen molar-refractivity contribution in [1.29, 1.82) is 0 Å². The molecule has 2 aromatic rings. The first-order valence-electron chi connectivity index (χ1n) is 6.94. The first-order valence-corrected chi connectivity index (χ1v) is 8.42. The lowest BCUT2D eigenvalue weighted by Gasteiger charge is -2.09. The predicted octanol–water partition coefficient (Wildman–Crippen LogP) is 2.27. The van der Waals surface area contributed by atoms with Crippen LogP contribution < -0.4 is 9.46 Å². The zero-order chi connectivity index (χ0) is 16.3. The lowest BCUT2D eigenvalue weighted by molar-refractivity contribution is 0.322. The van der Waals surface area contributed by atoms with Gasteiger partial charge in [-0.15, -0.1) is 0 Å². The number of rotatable bonds is 6. The Kier molecular flexibility index (Phi) is 4.87. The van der Waals surface area contributed by atoms with Gasteiger partial charge >= 0.3 is 0 Å². The molecular formula is C15H20N2O4S. The summed E-state index contributed by atoms with van der Waals surface area (Å²) in [5.41, 5.74) is 2.67. The quantitative estimate of drug-likeness (QED) is 0.824. The molecule has 0 bridgehead atoms. The van der Waals surface area contributed by atoms with Gasteiger partial charge < -0.3 is 9.26 Å². The van der Waals surface area contributed by atoms with E-state index in [1.54, 1.807) is 13.8 Å². The van der Waals surface area contributed by atoms with Crippen LogP contribution >= 0.6 is 0 Å². The highest BCUT2D eigenvalue weighted by molar-refractivity contribution is 7.89. The molecule has 0 aliphatic carbocycles. The molecule has 1 aromatic carbocycles. The molecule has 0 aliphatic rings. The summed E-state index contributed by atoms with van der Waals surface area (Å²) >= 11 is 0. The Morgan fingerprint density at radius 3 is 2.50 bits per heavy atom. The van der Waals surface area contributed by atoms with Gasteiger partial charge in [0, 0.05) is 6.54 Å². The van der Waals surface area contributed by atoms with Gasteiger partial charge in [-0.1, -0.05) is 11.2 Å². The second-order valence-electron chi connectivity index (χ2n) is 5.15. The number of sulfonamides is 1. The summed E-state index contributed by atoms with van der Waals surface area (Å²) in [4.78, 5) is 0.0960. The van der Waals surface area contributed by atoms with Gasteiger partial charge in [-0.3, -0.25) is 0 Å². The fourth-order valence-electron chi connectivity index (χ4n) is 2.08. The molecular weight excluding hydrogens is 304 g/mol. The molecule has 1 aromatic heterocycles. The zero-order valence-corrected chi connectivity index (χ0v) is 14.0. The number of hydrogen-bond donors (Lipinski definition) is 1. The van der Waals surface area contributed by atoms with Crippen LogP contribution in [0.5, 0.6) is 5.75 Å². The summed E-state index contributed by atoms with van der Waals surface area (Å²) in [6, 6.07) is 5.77. The first kappa shape index (κ1) is 16.5. The third kappa shape index (κ3) is 3.66. The number of nitrogens with one attached hydrogen (secondary N) is 1. The molecule has 120 valence electrons. The number of aromatic nitrogens is 1. The van der Waals surface area contributed by atoms with Crippen LogP contribution in [0.2, 0.25) is 0 Å². The van der Waals surface area contributed by atoms with E-state index in [4.69, 9.17) is 9.26 Å². The fraction of sp³-hybridized carbons (Fsp3) is 0.400. The van der Waals surface area contributed by atoms with Crippen molar-refractivity contribution >= 4 is 10.0 Å². The molecule has 0 amide bonds. The average molecular weight is 324 g/mol. The molecule has 22 heavy (non-hydrogen) atoms. The Morgan fingerprint density at radius 1 is 1.18 bits per heavy atom. The third-order valence-electron chi connectivity index (χ3n) is 3.38. The maximum Gasteiger partial charge on any atom is 0.246 e. The normalized spacial score (nSPS) is 11.6. The molecule has 0 saturated carbocycles. The number of nitrogens with zero attached hydrogens (tertiary/aromatic N) is 1. The number of ether oxygens (including phenoxy) is 1. The highest BCUT2D eigenvalue weighted by Gasteiger charge is 2.23. The zero-order valence-electron chi connectivity index (χ0n) is 13.1. The Bertz CT molecular complexity index is 746. The largest absolute Gasteiger partial charge is 0.492 e. The summed E-state index contributed by atoms with van der Waals surface area (Å²) in [6.45, 7) is 7.60.